The second-order valence-corrected chi connectivity index (χ2v) is 8.25. The van der Waals surface area contributed by atoms with Crippen molar-refractivity contribution in [1.29, 1.82) is 0 Å². The number of carbonyl (C=O) groups excluding carboxylic acids is 3. The van der Waals surface area contributed by atoms with Gasteiger partial charge in [0.15, 0.2) is 0 Å². The maximum Gasteiger partial charge on any atom is 0.314 e. The van der Waals surface area contributed by atoms with Crippen molar-refractivity contribution in [3.63, 3.8) is 0 Å². The minimum atomic E-state index is -0.816. The summed E-state index contributed by atoms with van der Waals surface area (Å²) in [6.45, 7) is 1.95. The predicted molar refractivity (Wildman–Crippen MR) is 124 cm³/mol. The molecule has 4 rings (SSSR count). The van der Waals surface area contributed by atoms with Crippen molar-refractivity contribution < 1.29 is 14.4 Å². The Labute approximate surface area is 190 Å². The number of nitrogens with two attached hydrogens (primary N) is 2. The number of pyridine rings is 3. The first kappa shape index (κ1) is 22.1. The monoisotopic (exact) mass is 447 g/mol. The van der Waals surface area contributed by atoms with Crippen LogP contribution in [0.1, 0.15) is 31.2 Å². The third-order valence-electron chi connectivity index (χ3n) is 5.97. The van der Waals surface area contributed by atoms with Gasteiger partial charge in [0.1, 0.15) is 11.6 Å². The molecule has 1 aliphatic carbocycles. The summed E-state index contributed by atoms with van der Waals surface area (Å²) < 4.78 is 0. The zero-order valence-corrected chi connectivity index (χ0v) is 18.2. The number of primary amides is 1. The molecule has 10 nitrogen and oxygen atoms in total. The van der Waals surface area contributed by atoms with Crippen LogP contribution in [-0.2, 0) is 14.4 Å². The van der Waals surface area contributed by atoms with Crippen molar-refractivity contribution in [1.82, 2.24) is 20.3 Å². The number of hydrogen-bond donors (Lipinski definition) is 4. The van der Waals surface area contributed by atoms with Crippen molar-refractivity contribution in [2.45, 2.75) is 38.6 Å². The number of aromatic nitrogens is 3. The number of amides is 3. The molecule has 170 valence electrons. The first-order valence-corrected chi connectivity index (χ1v) is 10.7. The number of nitrogen functional groups attached to an aromatic ring is 1. The Morgan fingerprint density at radius 2 is 1.82 bits per heavy atom. The number of carbonyl (C=O) groups is 3. The molecule has 0 bridgehead atoms. The Bertz CT molecular complexity index is 1240. The van der Waals surface area contributed by atoms with Crippen LogP contribution in [0.2, 0.25) is 0 Å². The van der Waals surface area contributed by atoms with Crippen molar-refractivity contribution in [2.24, 2.45) is 11.7 Å². The normalized spacial score (nSPS) is 18.0. The van der Waals surface area contributed by atoms with Crippen LogP contribution in [0.15, 0.2) is 36.8 Å². The summed E-state index contributed by atoms with van der Waals surface area (Å²) in [6.07, 6.45) is 7.33. The number of nitrogens with zero attached hydrogens (tertiary/aromatic N) is 3. The zero-order chi connectivity index (χ0) is 23.5. The molecule has 0 unspecified atom stereocenters. The average molecular weight is 447 g/mol. The molecule has 1 aliphatic rings. The molecule has 0 radical (unpaired) electrons. The highest BCUT2D eigenvalue weighted by Gasteiger charge is 2.27. The van der Waals surface area contributed by atoms with E-state index in [0.717, 1.165) is 16.5 Å². The third-order valence-corrected chi connectivity index (χ3v) is 5.97. The van der Waals surface area contributed by atoms with Gasteiger partial charge in [-0.05, 0) is 61.8 Å². The average Bonchev–Trinajstić information content (AvgIpc) is 2.79. The SMILES string of the molecule is Cc1ccncc1-c1cc2cc(NC(=O)C(=O)NC3CCC(C(N)=O)CC3)ncc2c(N)n1. The van der Waals surface area contributed by atoms with Gasteiger partial charge in [-0.1, -0.05) is 0 Å². The Morgan fingerprint density at radius 1 is 1.06 bits per heavy atom. The van der Waals surface area contributed by atoms with E-state index in [-0.39, 0.29) is 23.7 Å². The molecule has 3 heterocycles. The van der Waals surface area contributed by atoms with Crippen molar-refractivity contribution in [3.05, 3.63) is 42.4 Å². The first-order valence-electron chi connectivity index (χ1n) is 10.7. The van der Waals surface area contributed by atoms with E-state index in [4.69, 9.17) is 11.5 Å². The molecule has 33 heavy (non-hydrogen) atoms. The lowest BCUT2D eigenvalue weighted by atomic mass is 9.85. The van der Waals surface area contributed by atoms with Gasteiger partial charge in [-0.15, -0.1) is 0 Å². The molecule has 3 aromatic rings. The standard InChI is InChI=1S/C23H25N7O3/c1-12-6-7-26-10-16(12)18-8-14-9-19(27-11-17(14)20(24)29-18)30-23(33)22(32)28-15-4-2-13(3-5-15)21(25)31/h6-11,13,15H,2-5H2,1H3,(H2,24,29)(H2,25,31)(H,28,32)(H,27,30,33). The summed E-state index contributed by atoms with van der Waals surface area (Å²) in [4.78, 5) is 48.8. The lowest BCUT2D eigenvalue weighted by molar-refractivity contribution is -0.136. The first-order chi connectivity index (χ1) is 15.8. The summed E-state index contributed by atoms with van der Waals surface area (Å²) in [5.74, 6) is -1.53. The van der Waals surface area contributed by atoms with E-state index in [1.165, 1.54) is 6.20 Å². The summed E-state index contributed by atoms with van der Waals surface area (Å²) in [7, 11) is 0. The van der Waals surface area contributed by atoms with Gasteiger partial charge in [-0.25, -0.2) is 9.97 Å². The largest absolute Gasteiger partial charge is 0.383 e. The van der Waals surface area contributed by atoms with Gasteiger partial charge in [-0.2, -0.15) is 0 Å². The molecule has 0 aromatic carbocycles. The van der Waals surface area contributed by atoms with Crippen LogP contribution in [0.4, 0.5) is 11.6 Å². The number of anilines is 2. The fourth-order valence-corrected chi connectivity index (χ4v) is 4.06. The molecule has 3 amide bonds. The minimum absolute atomic E-state index is 0.167. The van der Waals surface area contributed by atoms with Gasteiger partial charge in [0.05, 0.1) is 5.69 Å². The second kappa shape index (κ2) is 9.19. The second-order valence-electron chi connectivity index (χ2n) is 8.25. The Balaban J connectivity index is 1.47. The van der Waals surface area contributed by atoms with Gasteiger partial charge in [0.2, 0.25) is 5.91 Å². The Morgan fingerprint density at radius 3 is 2.52 bits per heavy atom. The number of hydrogen-bond acceptors (Lipinski definition) is 7. The van der Waals surface area contributed by atoms with E-state index < -0.39 is 11.8 Å². The molecular formula is C23H25N7O3. The maximum absolute atomic E-state index is 12.4. The third kappa shape index (κ3) is 4.89. The van der Waals surface area contributed by atoms with Crippen LogP contribution in [0.3, 0.4) is 0 Å². The molecule has 0 aliphatic heterocycles. The van der Waals surface area contributed by atoms with E-state index >= 15 is 0 Å². The lowest BCUT2D eigenvalue weighted by Gasteiger charge is -2.27. The summed E-state index contributed by atoms with van der Waals surface area (Å²) in [5, 5.41) is 6.60. The van der Waals surface area contributed by atoms with E-state index in [1.54, 1.807) is 18.5 Å². The number of nitrogens with one attached hydrogen (secondary N) is 2. The Kier molecular flexibility index (Phi) is 6.16. The highest BCUT2D eigenvalue weighted by Crippen LogP contribution is 2.28. The summed E-state index contributed by atoms with van der Waals surface area (Å²) >= 11 is 0. The summed E-state index contributed by atoms with van der Waals surface area (Å²) in [5.41, 5.74) is 14.0. The predicted octanol–water partition coefficient (Wildman–Crippen LogP) is 1.68. The molecule has 3 aromatic heterocycles. The van der Waals surface area contributed by atoms with Gasteiger partial charge in [0, 0.05) is 41.5 Å². The number of fused-ring (bicyclic) bond motifs is 1. The van der Waals surface area contributed by atoms with E-state index in [9.17, 15) is 14.4 Å². The van der Waals surface area contributed by atoms with E-state index in [0.29, 0.717) is 42.6 Å². The number of rotatable bonds is 4. The minimum Gasteiger partial charge on any atom is -0.383 e. The molecule has 0 saturated heterocycles. The van der Waals surface area contributed by atoms with E-state index in [1.807, 2.05) is 19.1 Å². The van der Waals surface area contributed by atoms with Crippen molar-refractivity contribution in [2.75, 3.05) is 11.1 Å². The van der Waals surface area contributed by atoms with Crippen LogP contribution in [0.5, 0.6) is 0 Å². The van der Waals surface area contributed by atoms with Gasteiger partial charge in [-0.3, -0.25) is 19.4 Å². The smallest absolute Gasteiger partial charge is 0.314 e. The van der Waals surface area contributed by atoms with Crippen LogP contribution in [0, 0.1) is 12.8 Å². The van der Waals surface area contributed by atoms with Crippen LogP contribution >= 0.6 is 0 Å². The van der Waals surface area contributed by atoms with Crippen LogP contribution < -0.4 is 22.1 Å². The molecule has 6 N–H and O–H groups in total. The number of aryl methyl sites for hydroxylation is 1. The highest BCUT2D eigenvalue weighted by atomic mass is 16.2. The lowest BCUT2D eigenvalue weighted by Crippen LogP contribution is -2.44. The van der Waals surface area contributed by atoms with Gasteiger partial charge < -0.3 is 22.1 Å². The zero-order valence-electron chi connectivity index (χ0n) is 18.2. The maximum atomic E-state index is 12.4. The molecule has 1 fully saturated rings. The molecule has 10 heteroatoms. The van der Waals surface area contributed by atoms with Crippen molar-refractivity contribution in [3.8, 4) is 11.3 Å². The molecule has 1 saturated carbocycles. The molecule has 0 spiro atoms. The van der Waals surface area contributed by atoms with Gasteiger partial charge >= 0.3 is 11.8 Å². The summed E-state index contributed by atoms with van der Waals surface area (Å²) in [6, 6.07) is 5.20. The Hall–Kier alpha value is -4.08. The van der Waals surface area contributed by atoms with Crippen LogP contribution in [-0.4, -0.2) is 38.7 Å². The topological polar surface area (TPSA) is 166 Å². The van der Waals surface area contributed by atoms with Crippen molar-refractivity contribution >= 4 is 40.1 Å². The highest BCUT2D eigenvalue weighted by molar-refractivity contribution is 6.39. The molecular weight excluding hydrogens is 422 g/mol. The van der Waals surface area contributed by atoms with E-state index in [2.05, 4.69) is 25.6 Å². The quantitative estimate of drug-likeness (QED) is 0.441. The van der Waals surface area contributed by atoms with Gasteiger partial charge in [0.25, 0.3) is 0 Å². The van der Waals surface area contributed by atoms with Crippen LogP contribution in [0.25, 0.3) is 22.0 Å². The fourth-order valence-electron chi connectivity index (χ4n) is 4.06. The fraction of sp³-hybridized carbons (Fsp3) is 0.304. The molecule has 0 atom stereocenters.